The third-order valence-electron chi connectivity index (χ3n) is 3.14. The molecule has 122 valence electrons. The molecule has 0 atom stereocenters. The number of rotatable bonds is 4. The first kappa shape index (κ1) is 17.8. The first-order valence-electron chi connectivity index (χ1n) is 6.48. The maximum atomic E-state index is 13.1. The van der Waals surface area contributed by atoms with Crippen molar-refractivity contribution in [2.45, 2.75) is 19.7 Å². The number of halogens is 5. The Morgan fingerprint density at radius 1 is 1.26 bits per heavy atom. The van der Waals surface area contributed by atoms with Gasteiger partial charge in [0.2, 0.25) is 4.69 Å². The van der Waals surface area contributed by atoms with E-state index >= 15 is 0 Å². The van der Waals surface area contributed by atoms with E-state index in [2.05, 4.69) is 15.9 Å². The molecule has 0 aliphatic rings. The highest BCUT2D eigenvalue weighted by Crippen LogP contribution is 2.37. The van der Waals surface area contributed by atoms with E-state index < -0.39 is 16.4 Å². The predicted octanol–water partition coefficient (Wildman–Crippen LogP) is 5.78. The minimum absolute atomic E-state index is 0.246. The number of hydrogen-bond donors (Lipinski definition) is 0. The van der Waals surface area contributed by atoms with Gasteiger partial charge in [-0.1, -0.05) is 29.3 Å². The van der Waals surface area contributed by atoms with Crippen LogP contribution >= 0.6 is 27.5 Å². The first-order chi connectivity index (χ1) is 10.7. The van der Waals surface area contributed by atoms with Crippen molar-refractivity contribution in [1.29, 1.82) is 0 Å². The van der Waals surface area contributed by atoms with Gasteiger partial charge in [-0.15, -0.1) is 0 Å². The molecule has 0 saturated heterocycles. The fourth-order valence-electron chi connectivity index (χ4n) is 2.03. The molecule has 7 heteroatoms. The van der Waals surface area contributed by atoms with Gasteiger partial charge in [-0.05, 0) is 47.1 Å². The minimum atomic E-state index is -4.53. The van der Waals surface area contributed by atoms with Crippen LogP contribution in [0.1, 0.15) is 27.0 Å². The van der Waals surface area contributed by atoms with Crippen LogP contribution in [0.2, 0.25) is 5.02 Å². The first-order valence-corrected chi connectivity index (χ1v) is 7.65. The molecular formula is C16H11BrClF3O2. The van der Waals surface area contributed by atoms with Gasteiger partial charge in [-0.2, -0.15) is 13.2 Å². The minimum Gasteiger partial charge on any atom is -0.488 e. The van der Waals surface area contributed by atoms with Crippen molar-refractivity contribution >= 4 is 32.2 Å². The number of alkyl halides is 3. The summed E-state index contributed by atoms with van der Waals surface area (Å²) in [4.78, 5) is 11.5. The fraction of sp³-hybridized carbons (Fsp3) is 0.188. The molecule has 0 fully saturated rings. The molecule has 0 aliphatic heterocycles. The molecule has 0 spiro atoms. The molecule has 0 aromatic heterocycles. The van der Waals surface area contributed by atoms with E-state index in [0.29, 0.717) is 11.1 Å². The van der Waals surface area contributed by atoms with E-state index in [-0.39, 0.29) is 22.9 Å². The van der Waals surface area contributed by atoms with Gasteiger partial charge >= 0.3 is 6.18 Å². The van der Waals surface area contributed by atoms with Crippen LogP contribution in [0.3, 0.4) is 0 Å². The standard InChI is InChI=1S/C16H11BrClF3O2/c1-9-5-6-14(12(7-9)16(19,20)21)23-8-11-10(15(17)22)3-2-4-13(11)18/h2-7H,8H2,1H3. The van der Waals surface area contributed by atoms with Crippen molar-refractivity contribution in [1.82, 2.24) is 0 Å². The summed E-state index contributed by atoms with van der Waals surface area (Å²) < 4.78 is 44.1. The number of carbonyl (C=O) groups is 1. The highest BCUT2D eigenvalue weighted by Gasteiger charge is 2.34. The third-order valence-corrected chi connectivity index (χ3v) is 3.92. The zero-order valence-corrected chi connectivity index (χ0v) is 14.2. The summed E-state index contributed by atoms with van der Waals surface area (Å²) in [5.41, 5.74) is 0.179. The van der Waals surface area contributed by atoms with Gasteiger partial charge in [0.05, 0.1) is 5.56 Å². The molecule has 2 aromatic carbocycles. The van der Waals surface area contributed by atoms with Crippen LogP contribution in [0.25, 0.3) is 0 Å². The fourth-order valence-corrected chi connectivity index (χ4v) is 2.63. The lowest BCUT2D eigenvalue weighted by molar-refractivity contribution is -0.139. The van der Waals surface area contributed by atoms with Crippen LogP contribution in [0, 0.1) is 6.92 Å². The van der Waals surface area contributed by atoms with Gasteiger partial charge in [-0.25, -0.2) is 0 Å². The van der Waals surface area contributed by atoms with Crippen LogP contribution < -0.4 is 4.74 Å². The van der Waals surface area contributed by atoms with E-state index in [1.54, 1.807) is 19.1 Å². The Balaban J connectivity index is 2.35. The van der Waals surface area contributed by atoms with Crippen LogP contribution in [0.5, 0.6) is 5.75 Å². The lowest BCUT2D eigenvalue weighted by atomic mass is 10.1. The Morgan fingerprint density at radius 3 is 2.57 bits per heavy atom. The molecule has 0 heterocycles. The lowest BCUT2D eigenvalue weighted by Crippen LogP contribution is -2.10. The molecule has 0 N–H and O–H groups in total. The maximum Gasteiger partial charge on any atom is 0.419 e. The Morgan fingerprint density at radius 2 is 1.96 bits per heavy atom. The second kappa shape index (κ2) is 6.93. The molecule has 23 heavy (non-hydrogen) atoms. The Labute approximate surface area is 144 Å². The van der Waals surface area contributed by atoms with Crippen molar-refractivity contribution in [2.24, 2.45) is 0 Å². The maximum absolute atomic E-state index is 13.1. The highest BCUT2D eigenvalue weighted by molar-refractivity contribution is 9.18. The zero-order valence-electron chi connectivity index (χ0n) is 11.9. The van der Waals surface area contributed by atoms with Gasteiger partial charge in [0.15, 0.2) is 0 Å². The van der Waals surface area contributed by atoms with Gasteiger partial charge in [-0.3, -0.25) is 4.79 Å². The average Bonchev–Trinajstić information content (AvgIpc) is 2.45. The zero-order chi connectivity index (χ0) is 17.2. The monoisotopic (exact) mass is 406 g/mol. The lowest BCUT2D eigenvalue weighted by Gasteiger charge is -2.16. The van der Waals surface area contributed by atoms with Crippen LogP contribution in [0.15, 0.2) is 36.4 Å². The Bertz CT molecular complexity index is 745. The summed E-state index contributed by atoms with van der Waals surface area (Å²) in [6, 6.07) is 8.42. The number of benzene rings is 2. The highest BCUT2D eigenvalue weighted by atomic mass is 79.9. The molecule has 0 radical (unpaired) electrons. The molecule has 0 unspecified atom stereocenters. The normalized spacial score (nSPS) is 11.4. The SMILES string of the molecule is Cc1ccc(OCc2c(Cl)cccc2C(=O)Br)c(C(F)(F)F)c1. The van der Waals surface area contributed by atoms with Crippen molar-refractivity contribution < 1.29 is 22.7 Å². The summed E-state index contributed by atoms with van der Waals surface area (Å²) in [5.74, 6) is -0.309. The van der Waals surface area contributed by atoms with Gasteiger partial charge < -0.3 is 4.74 Å². The number of aryl methyl sites for hydroxylation is 1. The second-order valence-corrected chi connectivity index (χ2v) is 5.95. The molecule has 2 nitrogen and oxygen atoms in total. The smallest absolute Gasteiger partial charge is 0.419 e. The van der Waals surface area contributed by atoms with E-state index in [1.165, 1.54) is 18.2 Å². The quantitative estimate of drug-likeness (QED) is 0.600. The summed E-state index contributed by atoms with van der Waals surface area (Å²) in [6.45, 7) is 1.31. The summed E-state index contributed by atoms with van der Waals surface area (Å²) >= 11 is 8.84. The molecule has 0 saturated carbocycles. The number of ether oxygens (including phenoxy) is 1. The van der Waals surface area contributed by atoms with E-state index in [0.717, 1.165) is 6.07 Å². The van der Waals surface area contributed by atoms with Crippen molar-refractivity contribution in [3.63, 3.8) is 0 Å². The largest absolute Gasteiger partial charge is 0.488 e. The predicted molar refractivity (Wildman–Crippen MR) is 85.2 cm³/mol. The Hall–Kier alpha value is -1.53. The van der Waals surface area contributed by atoms with E-state index in [4.69, 9.17) is 16.3 Å². The average molecular weight is 408 g/mol. The van der Waals surface area contributed by atoms with Crippen molar-refractivity contribution in [2.75, 3.05) is 0 Å². The number of hydrogen-bond acceptors (Lipinski definition) is 2. The summed E-state index contributed by atoms with van der Waals surface area (Å²) in [5, 5.41) is 0.246. The van der Waals surface area contributed by atoms with Crippen LogP contribution in [-0.2, 0) is 12.8 Å². The molecule has 0 amide bonds. The van der Waals surface area contributed by atoms with Crippen LogP contribution in [0.4, 0.5) is 13.2 Å². The van der Waals surface area contributed by atoms with E-state index in [1.807, 2.05) is 0 Å². The molecule has 0 bridgehead atoms. The van der Waals surface area contributed by atoms with E-state index in [9.17, 15) is 18.0 Å². The second-order valence-electron chi connectivity index (χ2n) is 4.83. The Kier molecular flexibility index (Phi) is 5.37. The van der Waals surface area contributed by atoms with Crippen LogP contribution in [-0.4, -0.2) is 4.69 Å². The van der Waals surface area contributed by atoms with Crippen molar-refractivity contribution in [3.8, 4) is 5.75 Å². The topological polar surface area (TPSA) is 26.3 Å². The third kappa shape index (κ3) is 4.26. The summed E-state index contributed by atoms with van der Waals surface area (Å²) in [7, 11) is 0. The van der Waals surface area contributed by atoms with Gasteiger partial charge in [0, 0.05) is 16.1 Å². The molecule has 0 aliphatic carbocycles. The van der Waals surface area contributed by atoms with Gasteiger partial charge in [0.1, 0.15) is 12.4 Å². The molecular weight excluding hydrogens is 397 g/mol. The molecule has 2 rings (SSSR count). The van der Waals surface area contributed by atoms with Gasteiger partial charge in [0.25, 0.3) is 0 Å². The number of carbonyl (C=O) groups excluding carboxylic acids is 1. The molecule has 2 aromatic rings. The summed E-state index contributed by atoms with van der Waals surface area (Å²) in [6.07, 6.45) is -4.53. The van der Waals surface area contributed by atoms with Crippen molar-refractivity contribution in [3.05, 3.63) is 63.7 Å².